The number of carbonyl (C=O) groups is 1. The summed E-state index contributed by atoms with van der Waals surface area (Å²) in [5.41, 5.74) is 0.935. The van der Waals surface area contributed by atoms with Crippen molar-refractivity contribution in [1.82, 2.24) is 0 Å². The van der Waals surface area contributed by atoms with Gasteiger partial charge in [-0.15, -0.1) is 0 Å². The molecule has 0 bridgehead atoms. The van der Waals surface area contributed by atoms with E-state index in [1.54, 1.807) is 12.1 Å². The summed E-state index contributed by atoms with van der Waals surface area (Å²) >= 11 is 0. The predicted molar refractivity (Wildman–Crippen MR) is 53.5 cm³/mol. The normalized spacial score (nSPS) is 12.9. The fourth-order valence-corrected chi connectivity index (χ4v) is 1.74. The third-order valence-corrected chi connectivity index (χ3v) is 2.47. The molecule has 0 amide bonds. The lowest BCUT2D eigenvalue weighted by atomic mass is 10.0. The van der Waals surface area contributed by atoms with Crippen molar-refractivity contribution in [3.8, 4) is 12.1 Å². The summed E-state index contributed by atoms with van der Waals surface area (Å²) in [5, 5.41) is 17.5. The first-order chi connectivity index (χ1) is 7.67. The zero-order valence-corrected chi connectivity index (χ0v) is 8.12. The second kappa shape index (κ2) is 3.60. The standard InChI is InChI=1S/C12H5FN2O/c13-8-1-2-9-11(3-8)10(4-12(9)16)7(5-14)6-15/h1-3H,4H2. The number of hydrogen-bond donors (Lipinski definition) is 0. The highest BCUT2D eigenvalue weighted by atomic mass is 19.1. The zero-order chi connectivity index (χ0) is 11.7. The minimum absolute atomic E-state index is 0.00472. The van der Waals surface area contributed by atoms with Crippen LogP contribution in [0, 0.1) is 28.5 Å². The van der Waals surface area contributed by atoms with Crippen molar-refractivity contribution in [2.75, 3.05) is 0 Å². The molecular weight excluding hydrogens is 207 g/mol. The molecule has 0 aromatic heterocycles. The third-order valence-electron chi connectivity index (χ3n) is 2.47. The Kier molecular flexibility index (Phi) is 2.27. The Labute approximate surface area is 91.0 Å². The molecule has 1 aliphatic rings. The maximum atomic E-state index is 13.0. The molecule has 0 radical (unpaired) electrons. The van der Waals surface area contributed by atoms with Crippen LogP contribution in [0.1, 0.15) is 22.3 Å². The molecule has 76 valence electrons. The molecule has 1 aromatic rings. The van der Waals surface area contributed by atoms with Crippen molar-refractivity contribution < 1.29 is 9.18 Å². The summed E-state index contributed by atoms with van der Waals surface area (Å²) in [6.45, 7) is 0. The molecule has 2 rings (SSSR count). The van der Waals surface area contributed by atoms with Crippen LogP contribution in [0.15, 0.2) is 23.8 Å². The van der Waals surface area contributed by atoms with Crippen LogP contribution in [-0.2, 0) is 0 Å². The number of Topliss-reactive ketones (excluding diaryl/α,β-unsaturated/α-hetero) is 1. The number of benzene rings is 1. The number of allylic oxidation sites excluding steroid dienone is 2. The first-order valence-electron chi connectivity index (χ1n) is 4.54. The number of nitriles is 2. The molecule has 0 fully saturated rings. The minimum Gasteiger partial charge on any atom is -0.294 e. The summed E-state index contributed by atoms with van der Waals surface area (Å²) in [6, 6.07) is 7.20. The molecule has 0 saturated carbocycles. The van der Waals surface area contributed by atoms with Crippen molar-refractivity contribution >= 4 is 11.4 Å². The van der Waals surface area contributed by atoms with Crippen LogP contribution in [0.3, 0.4) is 0 Å². The van der Waals surface area contributed by atoms with E-state index >= 15 is 0 Å². The predicted octanol–water partition coefficient (Wildman–Crippen LogP) is 2.21. The lowest BCUT2D eigenvalue weighted by Crippen LogP contribution is -1.90. The highest BCUT2D eigenvalue weighted by molar-refractivity contribution is 6.13. The Morgan fingerprint density at radius 1 is 1.25 bits per heavy atom. The smallest absolute Gasteiger partial charge is 0.167 e. The first-order valence-corrected chi connectivity index (χ1v) is 4.54. The Hall–Kier alpha value is -2.46. The molecule has 0 aliphatic heterocycles. The monoisotopic (exact) mass is 212 g/mol. The van der Waals surface area contributed by atoms with Gasteiger partial charge >= 0.3 is 0 Å². The second-order valence-electron chi connectivity index (χ2n) is 3.37. The Bertz CT molecular complexity index is 586. The Morgan fingerprint density at radius 3 is 2.56 bits per heavy atom. The number of ketones is 1. The van der Waals surface area contributed by atoms with E-state index in [2.05, 4.69) is 0 Å². The van der Waals surface area contributed by atoms with E-state index < -0.39 is 5.82 Å². The average Bonchev–Trinajstić information content (AvgIpc) is 2.58. The van der Waals surface area contributed by atoms with E-state index in [0.29, 0.717) is 16.7 Å². The second-order valence-corrected chi connectivity index (χ2v) is 3.37. The fraction of sp³-hybridized carbons (Fsp3) is 0.0833. The molecule has 0 heterocycles. The summed E-state index contributed by atoms with van der Waals surface area (Å²) in [4.78, 5) is 11.5. The van der Waals surface area contributed by atoms with Crippen molar-refractivity contribution in [1.29, 1.82) is 10.5 Å². The highest BCUT2D eigenvalue weighted by Gasteiger charge is 2.27. The molecule has 0 spiro atoms. The largest absolute Gasteiger partial charge is 0.294 e. The maximum absolute atomic E-state index is 13.0. The van der Waals surface area contributed by atoms with Gasteiger partial charge in [0.25, 0.3) is 0 Å². The number of fused-ring (bicyclic) bond motifs is 1. The van der Waals surface area contributed by atoms with E-state index in [1.807, 2.05) is 0 Å². The lowest BCUT2D eigenvalue weighted by Gasteiger charge is -1.99. The molecule has 3 nitrogen and oxygen atoms in total. The molecule has 0 atom stereocenters. The van der Waals surface area contributed by atoms with Crippen LogP contribution in [0.4, 0.5) is 4.39 Å². The summed E-state index contributed by atoms with van der Waals surface area (Å²) in [7, 11) is 0. The van der Waals surface area contributed by atoms with Gasteiger partial charge in [-0.05, 0) is 29.3 Å². The topological polar surface area (TPSA) is 64.7 Å². The van der Waals surface area contributed by atoms with Gasteiger partial charge in [0, 0.05) is 12.0 Å². The van der Waals surface area contributed by atoms with Crippen molar-refractivity contribution in [3.63, 3.8) is 0 Å². The minimum atomic E-state index is -0.485. The van der Waals surface area contributed by atoms with Gasteiger partial charge in [0.15, 0.2) is 5.78 Å². The summed E-state index contributed by atoms with van der Waals surface area (Å²) in [5.74, 6) is -0.672. The van der Waals surface area contributed by atoms with Gasteiger partial charge in [0.05, 0.1) is 0 Å². The van der Waals surface area contributed by atoms with E-state index in [0.717, 1.165) is 0 Å². The average molecular weight is 212 g/mol. The molecule has 1 aliphatic carbocycles. The van der Waals surface area contributed by atoms with Gasteiger partial charge < -0.3 is 0 Å². The molecule has 0 N–H and O–H groups in total. The van der Waals surface area contributed by atoms with Gasteiger partial charge in [0.1, 0.15) is 23.5 Å². The highest BCUT2D eigenvalue weighted by Crippen LogP contribution is 2.34. The van der Waals surface area contributed by atoms with Crippen molar-refractivity contribution in [2.45, 2.75) is 6.42 Å². The Morgan fingerprint density at radius 2 is 1.94 bits per heavy atom. The van der Waals surface area contributed by atoms with Crippen LogP contribution in [-0.4, -0.2) is 5.78 Å². The third kappa shape index (κ3) is 1.37. The molecule has 0 saturated heterocycles. The molecule has 4 heteroatoms. The van der Waals surface area contributed by atoms with E-state index in [9.17, 15) is 9.18 Å². The summed E-state index contributed by atoms with van der Waals surface area (Å²) < 4.78 is 13.0. The number of rotatable bonds is 0. The quantitative estimate of drug-likeness (QED) is 0.619. The van der Waals surface area contributed by atoms with Gasteiger partial charge in [-0.1, -0.05) is 0 Å². The maximum Gasteiger partial charge on any atom is 0.167 e. The zero-order valence-electron chi connectivity index (χ0n) is 8.12. The van der Waals surface area contributed by atoms with Crippen LogP contribution in [0.2, 0.25) is 0 Å². The SMILES string of the molecule is N#CC(C#N)=C1CC(=O)c2ccc(F)cc21. The molecule has 16 heavy (non-hydrogen) atoms. The number of carbonyl (C=O) groups excluding carboxylic acids is 1. The van der Waals surface area contributed by atoms with Crippen molar-refractivity contribution in [3.05, 3.63) is 40.7 Å². The Balaban J connectivity index is 2.74. The fourth-order valence-electron chi connectivity index (χ4n) is 1.74. The van der Waals surface area contributed by atoms with E-state index in [1.165, 1.54) is 18.2 Å². The lowest BCUT2D eigenvalue weighted by molar-refractivity contribution is 0.100. The van der Waals surface area contributed by atoms with Gasteiger partial charge in [-0.3, -0.25) is 4.79 Å². The molecule has 0 unspecified atom stereocenters. The van der Waals surface area contributed by atoms with E-state index in [4.69, 9.17) is 10.5 Å². The first kappa shape index (κ1) is 10.1. The number of nitrogens with zero attached hydrogens (tertiary/aromatic N) is 2. The number of halogens is 1. The van der Waals surface area contributed by atoms with Gasteiger partial charge in [-0.2, -0.15) is 10.5 Å². The van der Waals surface area contributed by atoms with Crippen LogP contribution < -0.4 is 0 Å². The van der Waals surface area contributed by atoms with Crippen LogP contribution in [0.25, 0.3) is 5.57 Å². The molecular formula is C12H5FN2O. The van der Waals surface area contributed by atoms with E-state index in [-0.39, 0.29) is 17.8 Å². The van der Waals surface area contributed by atoms with Crippen LogP contribution >= 0.6 is 0 Å². The number of hydrogen-bond acceptors (Lipinski definition) is 3. The summed E-state index contributed by atoms with van der Waals surface area (Å²) in [6.07, 6.45) is -0.00472. The van der Waals surface area contributed by atoms with Crippen molar-refractivity contribution in [2.24, 2.45) is 0 Å². The van der Waals surface area contributed by atoms with Gasteiger partial charge in [0.2, 0.25) is 0 Å². The molecule has 1 aromatic carbocycles. The van der Waals surface area contributed by atoms with Gasteiger partial charge in [-0.25, -0.2) is 4.39 Å². The van der Waals surface area contributed by atoms with Crippen LogP contribution in [0.5, 0.6) is 0 Å².